The van der Waals surface area contributed by atoms with Crippen LogP contribution in [0.2, 0.25) is 0 Å². The minimum atomic E-state index is -0.713. The van der Waals surface area contributed by atoms with Crippen molar-refractivity contribution in [2.45, 2.75) is 25.3 Å². The third-order valence-electron chi connectivity index (χ3n) is 1.61. The van der Waals surface area contributed by atoms with Crippen LogP contribution in [0.5, 0.6) is 0 Å². The molecule has 1 rings (SSSR count). The van der Waals surface area contributed by atoms with Crippen LogP contribution in [0.1, 0.15) is 19.3 Å². The van der Waals surface area contributed by atoms with Gasteiger partial charge in [0, 0.05) is 0 Å². The molecule has 3 nitrogen and oxygen atoms in total. The summed E-state index contributed by atoms with van der Waals surface area (Å²) < 4.78 is 0. The molecule has 0 aliphatic carbocycles. The standard InChI is InChI=1S/C6H11NO2/c8-6(9)5-3-1-2-4-7-5/h5,7H,1-4H2,(H,8,9)/i1+1,2+1,3+1,4+1,5+1,6+1. The number of hydrogen-bond donors (Lipinski definition) is 2. The number of rotatable bonds is 1. The number of aliphatic carboxylic acids is 1. The third-order valence-corrected chi connectivity index (χ3v) is 1.61. The van der Waals surface area contributed by atoms with Crippen molar-refractivity contribution in [1.82, 2.24) is 5.32 Å². The van der Waals surface area contributed by atoms with Gasteiger partial charge in [-0.1, -0.05) is 6.42 Å². The molecule has 1 aliphatic rings. The predicted molar refractivity (Wildman–Crippen MR) is 33.3 cm³/mol. The molecule has 1 unspecified atom stereocenters. The summed E-state index contributed by atoms with van der Waals surface area (Å²) in [5, 5.41) is 11.4. The number of piperidine rings is 1. The summed E-state index contributed by atoms with van der Waals surface area (Å²) in [6.45, 7) is 0.858. The average molecular weight is 135 g/mol. The van der Waals surface area contributed by atoms with Crippen LogP contribution >= 0.6 is 0 Å². The molecule has 52 valence electrons. The highest BCUT2D eigenvalue weighted by Gasteiger charge is 2.18. The van der Waals surface area contributed by atoms with Gasteiger partial charge < -0.3 is 10.4 Å². The van der Waals surface area contributed by atoms with E-state index in [4.69, 9.17) is 5.11 Å². The van der Waals surface area contributed by atoms with Crippen molar-refractivity contribution in [3.05, 3.63) is 0 Å². The normalized spacial score (nSPS) is 27.8. The summed E-state index contributed by atoms with van der Waals surface area (Å²) in [5.74, 6) is -0.713. The summed E-state index contributed by atoms with van der Waals surface area (Å²) >= 11 is 0. The van der Waals surface area contributed by atoms with Crippen LogP contribution in [0.4, 0.5) is 0 Å². The minimum absolute atomic E-state index is 0.279. The Hall–Kier alpha value is -0.570. The fraction of sp³-hybridized carbons (Fsp3) is 0.833. The maximum Gasteiger partial charge on any atom is 0.320 e. The Morgan fingerprint density at radius 3 is 2.67 bits per heavy atom. The molecule has 0 spiro atoms. The van der Waals surface area contributed by atoms with Crippen LogP contribution in [0, 0.1) is 0 Å². The molecule has 9 heavy (non-hydrogen) atoms. The Kier molecular flexibility index (Phi) is 2.05. The Morgan fingerprint density at radius 2 is 2.33 bits per heavy atom. The Balaban J connectivity index is 2.31. The van der Waals surface area contributed by atoms with Gasteiger partial charge in [-0.25, -0.2) is 0 Å². The maximum absolute atomic E-state index is 10.3. The van der Waals surface area contributed by atoms with E-state index in [1.807, 2.05) is 0 Å². The summed E-state index contributed by atoms with van der Waals surface area (Å²) in [5.41, 5.74) is 0. The van der Waals surface area contributed by atoms with E-state index in [0.717, 1.165) is 25.8 Å². The molecule has 0 aromatic carbocycles. The largest absolute Gasteiger partial charge is 0.480 e. The van der Waals surface area contributed by atoms with Gasteiger partial charge in [0.25, 0.3) is 0 Å². The topological polar surface area (TPSA) is 49.3 Å². The number of hydrogen-bond acceptors (Lipinski definition) is 2. The quantitative estimate of drug-likeness (QED) is 0.505. The lowest BCUT2D eigenvalue weighted by Crippen LogP contribution is -2.40. The highest BCUT2D eigenvalue weighted by atomic mass is 16.5. The summed E-state index contributed by atoms with van der Waals surface area (Å²) in [6.07, 6.45) is 2.95. The fourth-order valence-electron chi connectivity index (χ4n) is 1.06. The molecule has 1 fully saturated rings. The predicted octanol–water partition coefficient (Wildman–Crippen LogP) is 0.213. The van der Waals surface area contributed by atoms with Crippen LogP contribution in [-0.4, -0.2) is 23.7 Å². The first-order chi connectivity index (χ1) is 4.30. The van der Waals surface area contributed by atoms with Gasteiger partial charge in [0.1, 0.15) is 6.04 Å². The van der Waals surface area contributed by atoms with Crippen molar-refractivity contribution in [2.75, 3.05) is 6.54 Å². The molecule has 0 aromatic heterocycles. The molecule has 0 radical (unpaired) electrons. The van der Waals surface area contributed by atoms with Crippen LogP contribution in [0.3, 0.4) is 0 Å². The van der Waals surface area contributed by atoms with Gasteiger partial charge in [0.05, 0.1) is 0 Å². The SMILES string of the molecule is O=[13C](O)[13CH]1[13CH2][13CH2][13CH2][13CH2]N1. The first-order valence-corrected chi connectivity index (χ1v) is 3.27. The van der Waals surface area contributed by atoms with E-state index in [9.17, 15) is 4.79 Å². The van der Waals surface area contributed by atoms with Gasteiger partial charge >= 0.3 is 5.97 Å². The van der Waals surface area contributed by atoms with Crippen molar-refractivity contribution in [1.29, 1.82) is 0 Å². The smallest absolute Gasteiger partial charge is 0.320 e. The number of carboxylic acid groups (broad SMARTS) is 1. The van der Waals surface area contributed by atoms with Gasteiger partial charge in [0.2, 0.25) is 0 Å². The van der Waals surface area contributed by atoms with E-state index < -0.39 is 5.97 Å². The van der Waals surface area contributed by atoms with E-state index >= 15 is 0 Å². The molecule has 1 atom stereocenters. The minimum Gasteiger partial charge on any atom is -0.480 e. The van der Waals surface area contributed by atoms with Gasteiger partial charge in [-0.15, -0.1) is 0 Å². The third kappa shape index (κ3) is 1.68. The van der Waals surface area contributed by atoms with Crippen LogP contribution in [0.15, 0.2) is 0 Å². The molecule has 1 heterocycles. The van der Waals surface area contributed by atoms with Gasteiger partial charge in [-0.05, 0) is 19.4 Å². The zero-order chi connectivity index (χ0) is 6.69. The molecule has 0 bridgehead atoms. The lowest BCUT2D eigenvalue weighted by atomic mass is 11.0. The van der Waals surface area contributed by atoms with E-state index in [-0.39, 0.29) is 6.04 Å². The van der Waals surface area contributed by atoms with Crippen molar-refractivity contribution in [2.24, 2.45) is 0 Å². The highest BCUT2D eigenvalue weighted by molar-refractivity contribution is 5.73. The molecule has 3 heteroatoms. The van der Waals surface area contributed by atoms with E-state index in [1.165, 1.54) is 0 Å². The van der Waals surface area contributed by atoms with E-state index in [0.29, 0.717) is 0 Å². The second kappa shape index (κ2) is 2.82. The van der Waals surface area contributed by atoms with Crippen LogP contribution < -0.4 is 5.32 Å². The lowest BCUT2D eigenvalue weighted by molar-refractivity contribution is -0.140. The first kappa shape index (κ1) is 6.55. The Morgan fingerprint density at radius 1 is 1.56 bits per heavy atom. The summed E-state index contributed by atoms with van der Waals surface area (Å²) in [4.78, 5) is 10.3. The molecule has 2 N–H and O–H groups in total. The maximum atomic E-state index is 10.3. The molecule has 0 saturated carbocycles. The lowest BCUT2D eigenvalue weighted by Gasteiger charge is -2.18. The first-order valence-electron chi connectivity index (χ1n) is 3.27. The zero-order valence-corrected chi connectivity index (χ0v) is 5.26. The molecule has 0 amide bonds. The molecule has 1 aliphatic heterocycles. The van der Waals surface area contributed by atoms with Gasteiger partial charge in [-0.3, -0.25) is 4.79 Å². The van der Waals surface area contributed by atoms with Crippen molar-refractivity contribution in [3.63, 3.8) is 0 Å². The van der Waals surface area contributed by atoms with Gasteiger partial charge in [-0.2, -0.15) is 0 Å². The number of carboxylic acids is 1. The fourth-order valence-corrected chi connectivity index (χ4v) is 1.06. The molecular weight excluding hydrogens is 124 g/mol. The summed E-state index contributed by atoms with van der Waals surface area (Å²) in [7, 11) is 0. The molecular formula is C6H11NO2. The molecule has 0 aromatic rings. The average Bonchev–Trinajstić information content (AvgIpc) is 1.90. The highest BCUT2D eigenvalue weighted by Crippen LogP contribution is 2.05. The summed E-state index contributed by atoms with van der Waals surface area (Å²) in [6, 6.07) is -0.279. The Bertz CT molecular complexity index is 108. The number of carbonyl (C=O) groups is 1. The van der Waals surface area contributed by atoms with E-state index in [2.05, 4.69) is 5.32 Å². The van der Waals surface area contributed by atoms with E-state index in [1.54, 1.807) is 0 Å². The van der Waals surface area contributed by atoms with Crippen LogP contribution in [0.25, 0.3) is 0 Å². The zero-order valence-electron chi connectivity index (χ0n) is 5.26. The van der Waals surface area contributed by atoms with Crippen LogP contribution in [-0.2, 0) is 4.79 Å². The van der Waals surface area contributed by atoms with Crippen molar-refractivity contribution < 1.29 is 9.90 Å². The van der Waals surface area contributed by atoms with Crippen molar-refractivity contribution >= 4 is 5.97 Å². The monoisotopic (exact) mass is 135 g/mol. The number of nitrogens with one attached hydrogen (secondary N) is 1. The van der Waals surface area contributed by atoms with Gasteiger partial charge in [0.15, 0.2) is 0 Å². The second-order valence-electron chi connectivity index (χ2n) is 2.34. The Labute approximate surface area is 54.1 Å². The van der Waals surface area contributed by atoms with Crippen molar-refractivity contribution in [3.8, 4) is 0 Å². The second-order valence-corrected chi connectivity index (χ2v) is 2.34. The molecule has 1 saturated heterocycles.